The lowest BCUT2D eigenvalue weighted by molar-refractivity contribution is 0.203. The van der Waals surface area contributed by atoms with Crippen LogP contribution in [0.25, 0.3) is 0 Å². The molecule has 1 atom stereocenters. The van der Waals surface area contributed by atoms with Crippen molar-refractivity contribution in [3.05, 3.63) is 35.1 Å². The quantitative estimate of drug-likeness (QED) is 0.564. The van der Waals surface area contributed by atoms with Crippen LogP contribution in [-0.2, 0) is 0 Å². The van der Waals surface area contributed by atoms with Gasteiger partial charge in [-0.1, -0.05) is 35.0 Å². The molecule has 166 valence electrons. The maximum absolute atomic E-state index is 6.69. The first-order chi connectivity index (χ1) is 14.5. The van der Waals surface area contributed by atoms with Gasteiger partial charge in [0.05, 0.1) is 11.2 Å². The second-order valence-electron chi connectivity index (χ2n) is 8.54. The predicted octanol–water partition coefficient (Wildman–Crippen LogP) is 3.92. The van der Waals surface area contributed by atoms with Crippen molar-refractivity contribution in [3.8, 4) is 0 Å². The van der Waals surface area contributed by atoms with Crippen LogP contribution in [-0.4, -0.2) is 34.1 Å². The second kappa shape index (κ2) is 8.65. The van der Waals surface area contributed by atoms with E-state index in [-0.39, 0.29) is 29.7 Å². The molecule has 6 N–H and O–H groups in total. The van der Waals surface area contributed by atoms with Gasteiger partial charge in [-0.15, -0.1) is 12.4 Å². The SMILES string of the molecule is Cl.Nc1nc(N2CCC3(CC=C(C4CC4)[C@H]3N)CC2)cnc1Sc1ccnc(N)c1Cl. The van der Waals surface area contributed by atoms with Crippen LogP contribution in [0.2, 0.25) is 5.02 Å². The molecule has 1 spiro atoms. The van der Waals surface area contributed by atoms with E-state index >= 15 is 0 Å². The van der Waals surface area contributed by atoms with E-state index in [1.807, 2.05) is 0 Å². The van der Waals surface area contributed by atoms with E-state index in [1.165, 1.54) is 30.2 Å². The summed E-state index contributed by atoms with van der Waals surface area (Å²) >= 11 is 7.58. The number of rotatable bonds is 4. The third kappa shape index (κ3) is 4.18. The Morgan fingerprint density at radius 1 is 1.13 bits per heavy atom. The summed E-state index contributed by atoms with van der Waals surface area (Å²) in [7, 11) is 0. The van der Waals surface area contributed by atoms with E-state index in [9.17, 15) is 0 Å². The third-order valence-electron chi connectivity index (χ3n) is 6.73. The molecule has 0 unspecified atom stereocenters. The lowest BCUT2D eigenvalue weighted by Crippen LogP contribution is -2.48. The van der Waals surface area contributed by atoms with Crippen LogP contribution < -0.4 is 22.1 Å². The molecule has 10 heteroatoms. The standard InChI is InChI=1S/C21H26ClN7S.ClH/c22-16-14(4-8-26-18(16)24)30-20-19(25)28-15(11-27-20)29-9-6-21(7-10-29)5-3-13(17(21)23)12-1-2-12;/h3-4,8,11-12,17H,1-2,5-7,9-10,23H2,(H2,24,26)(H2,25,28);1H/t17-;/m1./s1. The fraction of sp³-hybridized carbons (Fsp3) is 0.476. The first-order valence-corrected chi connectivity index (χ1v) is 11.6. The zero-order chi connectivity index (χ0) is 20.9. The zero-order valence-corrected chi connectivity index (χ0v) is 19.5. The van der Waals surface area contributed by atoms with E-state index in [2.05, 4.69) is 25.9 Å². The van der Waals surface area contributed by atoms with Gasteiger partial charge in [-0.2, -0.15) is 0 Å². The Labute approximate surface area is 197 Å². The largest absolute Gasteiger partial charge is 0.382 e. The lowest BCUT2D eigenvalue weighted by Gasteiger charge is -2.43. The number of hydrogen-bond donors (Lipinski definition) is 3. The molecule has 0 amide bonds. The number of aromatic nitrogens is 3. The van der Waals surface area contributed by atoms with Crippen LogP contribution in [0.3, 0.4) is 0 Å². The molecule has 3 aliphatic rings. The molecule has 1 saturated carbocycles. The second-order valence-corrected chi connectivity index (χ2v) is 9.95. The highest BCUT2D eigenvalue weighted by Gasteiger charge is 2.47. The zero-order valence-electron chi connectivity index (χ0n) is 17.1. The Hall–Kier alpha value is -1.74. The van der Waals surface area contributed by atoms with Gasteiger partial charge < -0.3 is 22.1 Å². The molecule has 31 heavy (non-hydrogen) atoms. The van der Waals surface area contributed by atoms with Gasteiger partial charge in [0, 0.05) is 30.2 Å². The van der Waals surface area contributed by atoms with Crippen molar-refractivity contribution in [2.75, 3.05) is 29.5 Å². The van der Waals surface area contributed by atoms with E-state index in [4.69, 9.17) is 28.8 Å². The Balaban J connectivity index is 0.00000231. The average molecular weight is 480 g/mol. The minimum atomic E-state index is 0. The highest BCUT2D eigenvalue weighted by Crippen LogP contribution is 2.51. The predicted molar refractivity (Wildman–Crippen MR) is 129 cm³/mol. The van der Waals surface area contributed by atoms with Gasteiger partial charge in [-0.25, -0.2) is 15.0 Å². The molecular weight excluding hydrogens is 453 g/mol. The summed E-state index contributed by atoms with van der Waals surface area (Å²) in [5, 5.41) is 1.01. The number of piperidine rings is 1. The molecule has 1 aliphatic heterocycles. The van der Waals surface area contributed by atoms with Gasteiger partial charge in [-0.05, 0) is 49.5 Å². The van der Waals surface area contributed by atoms with Crippen molar-refractivity contribution in [2.45, 2.75) is 48.1 Å². The van der Waals surface area contributed by atoms with Gasteiger partial charge in [0.25, 0.3) is 0 Å². The summed E-state index contributed by atoms with van der Waals surface area (Å²) in [4.78, 5) is 16.2. The summed E-state index contributed by atoms with van der Waals surface area (Å²) < 4.78 is 0. The molecule has 2 aliphatic carbocycles. The van der Waals surface area contributed by atoms with Crippen molar-refractivity contribution in [1.82, 2.24) is 15.0 Å². The Kier molecular flexibility index (Phi) is 6.27. The molecule has 5 rings (SSSR count). The smallest absolute Gasteiger partial charge is 0.158 e. The maximum atomic E-state index is 6.69. The summed E-state index contributed by atoms with van der Waals surface area (Å²) in [5.41, 5.74) is 20.4. The van der Waals surface area contributed by atoms with Crippen LogP contribution in [0.4, 0.5) is 17.5 Å². The number of nitrogens with zero attached hydrogens (tertiary/aromatic N) is 4. The first kappa shape index (κ1) is 22.5. The van der Waals surface area contributed by atoms with Crippen LogP contribution in [0, 0.1) is 11.3 Å². The summed E-state index contributed by atoms with van der Waals surface area (Å²) in [5.74, 6) is 2.25. The molecule has 3 heterocycles. The van der Waals surface area contributed by atoms with Crippen LogP contribution in [0.5, 0.6) is 0 Å². The van der Waals surface area contributed by atoms with Gasteiger partial charge in [-0.3, -0.25) is 0 Å². The molecule has 0 aromatic carbocycles. The summed E-state index contributed by atoms with van der Waals surface area (Å²) in [6, 6.07) is 2.01. The number of halogens is 2. The highest BCUT2D eigenvalue weighted by molar-refractivity contribution is 7.99. The molecule has 1 saturated heterocycles. The van der Waals surface area contributed by atoms with Gasteiger partial charge in [0.1, 0.15) is 16.7 Å². The minimum Gasteiger partial charge on any atom is -0.382 e. The number of pyridine rings is 1. The molecule has 2 aromatic rings. The van der Waals surface area contributed by atoms with Crippen molar-refractivity contribution in [1.29, 1.82) is 0 Å². The van der Waals surface area contributed by atoms with E-state index in [0.717, 1.165) is 49.0 Å². The number of allylic oxidation sites excluding steroid dienone is 1. The van der Waals surface area contributed by atoms with E-state index in [1.54, 1.807) is 18.5 Å². The van der Waals surface area contributed by atoms with Crippen molar-refractivity contribution in [3.63, 3.8) is 0 Å². The number of nitrogens with two attached hydrogens (primary N) is 3. The fourth-order valence-corrected chi connectivity index (χ4v) is 5.71. The normalized spacial score (nSPS) is 22.3. The summed E-state index contributed by atoms with van der Waals surface area (Å²) in [6.07, 6.45) is 11.7. The fourth-order valence-electron chi connectivity index (χ4n) is 4.70. The van der Waals surface area contributed by atoms with Crippen LogP contribution in [0.1, 0.15) is 32.1 Å². The molecule has 0 radical (unpaired) electrons. The average Bonchev–Trinajstić information content (AvgIpc) is 3.54. The molecule has 7 nitrogen and oxygen atoms in total. The molecule has 2 aromatic heterocycles. The van der Waals surface area contributed by atoms with Crippen molar-refractivity contribution < 1.29 is 0 Å². The number of anilines is 3. The third-order valence-corrected chi connectivity index (χ3v) is 8.31. The maximum Gasteiger partial charge on any atom is 0.158 e. The minimum absolute atomic E-state index is 0. The van der Waals surface area contributed by atoms with Gasteiger partial charge in [0.2, 0.25) is 0 Å². The lowest BCUT2D eigenvalue weighted by atomic mass is 9.72. The van der Waals surface area contributed by atoms with Crippen LogP contribution >= 0.6 is 35.8 Å². The van der Waals surface area contributed by atoms with E-state index in [0.29, 0.717) is 15.9 Å². The van der Waals surface area contributed by atoms with Crippen molar-refractivity contribution >= 4 is 53.2 Å². The molecule has 2 fully saturated rings. The monoisotopic (exact) mass is 479 g/mol. The molecular formula is C21H27Cl2N7S. The topological polar surface area (TPSA) is 120 Å². The van der Waals surface area contributed by atoms with Crippen LogP contribution in [0.15, 0.2) is 40.0 Å². The van der Waals surface area contributed by atoms with Crippen molar-refractivity contribution in [2.24, 2.45) is 17.1 Å². The Morgan fingerprint density at radius 2 is 1.87 bits per heavy atom. The number of nitrogen functional groups attached to an aromatic ring is 2. The number of hydrogen-bond acceptors (Lipinski definition) is 8. The van der Waals surface area contributed by atoms with Gasteiger partial charge >= 0.3 is 0 Å². The molecule has 0 bridgehead atoms. The van der Waals surface area contributed by atoms with E-state index < -0.39 is 0 Å². The Morgan fingerprint density at radius 3 is 2.55 bits per heavy atom. The highest BCUT2D eigenvalue weighted by atomic mass is 35.5. The Bertz CT molecular complexity index is 1000. The first-order valence-electron chi connectivity index (χ1n) is 10.4. The van der Waals surface area contributed by atoms with Gasteiger partial charge in [0.15, 0.2) is 5.82 Å². The summed E-state index contributed by atoms with van der Waals surface area (Å²) in [6.45, 7) is 1.85.